The Bertz CT molecular complexity index is 675. The highest BCUT2D eigenvalue weighted by Gasteiger charge is 2.30. The molecule has 6 heteroatoms. The second kappa shape index (κ2) is 6.61. The van der Waals surface area contributed by atoms with Gasteiger partial charge in [0.05, 0.1) is 6.54 Å². The van der Waals surface area contributed by atoms with Crippen molar-refractivity contribution in [2.45, 2.75) is 38.3 Å². The quantitative estimate of drug-likeness (QED) is 0.843. The Kier molecular flexibility index (Phi) is 4.33. The average molecular weight is 330 g/mol. The van der Waals surface area contributed by atoms with Crippen LogP contribution in [0.5, 0.6) is 0 Å². The molecule has 0 unspecified atom stereocenters. The second-order valence-corrected chi connectivity index (χ2v) is 6.86. The van der Waals surface area contributed by atoms with E-state index >= 15 is 0 Å². The number of piperazine rings is 1. The summed E-state index contributed by atoms with van der Waals surface area (Å²) in [5.74, 6) is 1.95. The van der Waals surface area contributed by atoms with Crippen molar-refractivity contribution in [1.29, 1.82) is 0 Å². The fraction of sp³-hybridized carbons (Fsp3) is 0.556. The van der Waals surface area contributed by atoms with Gasteiger partial charge in [-0.1, -0.05) is 17.3 Å². The van der Waals surface area contributed by atoms with Crippen LogP contribution in [0.3, 0.4) is 0 Å². The molecule has 24 heavy (non-hydrogen) atoms. The van der Waals surface area contributed by atoms with Crippen LogP contribution in [0.4, 0.5) is 4.39 Å². The first-order chi connectivity index (χ1) is 11.7. The van der Waals surface area contributed by atoms with E-state index in [-0.39, 0.29) is 5.82 Å². The molecular formula is C18H23FN4O. The van der Waals surface area contributed by atoms with Crippen LogP contribution in [0.1, 0.15) is 49.0 Å². The van der Waals surface area contributed by atoms with Crippen molar-refractivity contribution >= 4 is 0 Å². The number of nitrogens with zero attached hydrogens (tertiary/aromatic N) is 4. The van der Waals surface area contributed by atoms with Crippen molar-refractivity contribution in [3.05, 3.63) is 47.4 Å². The molecule has 0 spiro atoms. The summed E-state index contributed by atoms with van der Waals surface area (Å²) in [6.45, 7) is 6.90. The zero-order valence-electron chi connectivity index (χ0n) is 14.0. The number of benzene rings is 1. The van der Waals surface area contributed by atoms with Gasteiger partial charge in [-0.2, -0.15) is 4.98 Å². The van der Waals surface area contributed by atoms with Crippen molar-refractivity contribution in [3.8, 4) is 0 Å². The van der Waals surface area contributed by atoms with Crippen LogP contribution in [0.25, 0.3) is 0 Å². The molecule has 2 aliphatic rings. The first kappa shape index (κ1) is 15.7. The third kappa shape index (κ3) is 3.49. The van der Waals surface area contributed by atoms with Crippen LogP contribution in [-0.2, 0) is 6.54 Å². The second-order valence-electron chi connectivity index (χ2n) is 6.86. The third-order valence-corrected chi connectivity index (χ3v) is 5.08. The van der Waals surface area contributed by atoms with Crippen LogP contribution in [0.2, 0.25) is 0 Å². The average Bonchev–Trinajstić information content (AvgIpc) is 3.36. The summed E-state index contributed by atoms with van der Waals surface area (Å²) in [6.07, 6.45) is 2.36. The molecule has 1 saturated carbocycles. The van der Waals surface area contributed by atoms with E-state index in [9.17, 15) is 4.39 Å². The molecule has 1 aliphatic heterocycles. The molecular weight excluding hydrogens is 307 g/mol. The summed E-state index contributed by atoms with van der Waals surface area (Å²) in [7, 11) is 0. The maximum Gasteiger partial charge on any atom is 0.229 e. The van der Waals surface area contributed by atoms with Crippen LogP contribution in [-0.4, -0.2) is 46.1 Å². The highest BCUT2D eigenvalue weighted by atomic mass is 19.1. The summed E-state index contributed by atoms with van der Waals surface area (Å²) in [5.41, 5.74) is 1.16. The highest BCUT2D eigenvalue weighted by molar-refractivity contribution is 5.19. The molecule has 2 aromatic rings. The van der Waals surface area contributed by atoms with Gasteiger partial charge < -0.3 is 4.52 Å². The molecule has 0 radical (unpaired) electrons. The first-order valence-electron chi connectivity index (χ1n) is 8.73. The maximum atomic E-state index is 13.1. The Labute approximate surface area is 141 Å². The Morgan fingerprint density at radius 2 is 1.88 bits per heavy atom. The van der Waals surface area contributed by atoms with Crippen LogP contribution in [0.15, 0.2) is 28.8 Å². The van der Waals surface area contributed by atoms with Gasteiger partial charge in [-0.15, -0.1) is 0 Å². The molecule has 1 aromatic carbocycles. The fourth-order valence-corrected chi connectivity index (χ4v) is 3.29. The Hall–Kier alpha value is -1.79. The van der Waals surface area contributed by atoms with E-state index in [1.165, 1.54) is 25.0 Å². The van der Waals surface area contributed by atoms with Crippen molar-refractivity contribution < 1.29 is 8.91 Å². The lowest BCUT2D eigenvalue weighted by molar-refractivity contribution is 0.0956. The molecule has 1 aromatic heterocycles. The molecule has 1 atom stereocenters. The minimum Gasteiger partial charge on any atom is -0.339 e. The molecule has 2 heterocycles. The molecule has 0 amide bonds. The Morgan fingerprint density at radius 3 is 2.54 bits per heavy atom. The maximum absolute atomic E-state index is 13.1. The predicted octanol–water partition coefficient (Wildman–Crippen LogP) is 2.96. The lowest BCUT2D eigenvalue weighted by Gasteiger charge is -2.37. The van der Waals surface area contributed by atoms with Crippen LogP contribution in [0, 0.1) is 5.82 Å². The normalized spacial score (nSPS) is 21.1. The number of hydrogen-bond donors (Lipinski definition) is 0. The van der Waals surface area contributed by atoms with Gasteiger partial charge in [0.2, 0.25) is 5.89 Å². The number of halogens is 1. The van der Waals surface area contributed by atoms with E-state index in [0.717, 1.165) is 50.0 Å². The number of hydrogen-bond acceptors (Lipinski definition) is 5. The van der Waals surface area contributed by atoms with Crippen molar-refractivity contribution in [1.82, 2.24) is 19.9 Å². The standard InChI is InChI=1S/C18H23FN4O/c1-13(14-4-6-16(19)7-5-14)23-10-8-22(9-11-23)12-17-20-18(24-21-17)15-2-3-15/h4-7,13,15H,2-3,8-12H2,1H3/t13-/m0/s1. The number of aromatic nitrogens is 2. The largest absolute Gasteiger partial charge is 0.339 e. The molecule has 1 saturated heterocycles. The van der Waals surface area contributed by atoms with Gasteiger partial charge in [0.15, 0.2) is 5.82 Å². The summed E-state index contributed by atoms with van der Waals surface area (Å²) in [5, 5.41) is 4.10. The Balaban J connectivity index is 1.30. The van der Waals surface area contributed by atoms with E-state index in [2.05, 4.69) is 26.9 Å². The van der Waals surface area contributed by atoms with Crippen LogP contribution < -0.4 is 0 Å². The summed E-state index contributed by atoms with van der Waals surface area (Å²) in [6, 6.07) is 7.14. The van der Waals surface area contributed by atoms with E-state index in [4.69, 9.17) is 4.52 Å². The summed E-state index contributed by atoms with van der Waals surface area (Å²) in [4.78, 5) is 9.32. The minimum absolute atomic E-state index is 0.179. The fourth-order valence-electron chi connectivity index (χ4n) is 3.29. The van der Waals surface area contributed by atoms with Gasteiger partial charge in [-0.25, -0.2) is 4.39 Å². The van der Waals surface area contributed by atoms with Gasteiger partial charge in [0.1, 0.15) is 5.82 Å². The van der Waals surface area contributed by atoms with E-state index < -0.39 is 0 Å². The van der Waals surface area contributed by atoms with Gasteiger partial charge in [0, 0.05) is 38.1 Å². The van der Waals surface area contributed by atoms with E-state index in [1.54, 1.807) is 0 Å². The first-order valence-corrected chi connectivity index (χ1v) is 8.73. The van der Waals surface area contributed by atoms with Crippen molar-refractivity contribution in [3.63, 3.8) is 0 Å². The topological polar surface area (TPSA) is 45.4 Å². The lowest BCUT2D eigenvalue weighted by Crippen LogP contribution is -2.46. The number of rotatable bonds is 5. The monoisotopic (exact) mass is 330 g/mol. The summed E-state index contributed by atoms with van der Waals surface area (Å²) >= 11 is 0. The van der Waals surface area contributed by atoms with E-state index in [0.29, 0.717) is 12.0 Å². The van der Waals surface area contributed by atoms with Crippen molar-refractivity contribution in [2.75, 3.05) is 26.2 Å². The predicted molar refractivity (Wildman–Crippen MR) is 87.9 cm³/mol. The van der Waals surface area contributed by atoms with Gasteiger partial charge >= 0.3 is 0 Å². The highest BCUT2D eigenvalue weighted by Crippen LogP contribution is 2.38. The third-order valence-electron chi connectivity index (χ3n) is 5.08. The molecule has 128 valence electrons. The molecule has 1 aliphatic carbocycles. The van der Waals surface area contributed by atoms with E-state index in [1.807, 2.05) is 12.1 Å². The van der Waals surface area contributed by atoms with Gasteiger partial charge in [-0.05, 0) is 37.5 Å². The molecule has 4 rings (SSSR count). The van der Waals surface area contributed by atoms with Gasteiger partial charge in [0.25, 0.3) is 0 Å². The van der Waals surface area contributed by atoms with Gasteiger partial charge in [-0.3, -0.25) is 9.80 Å². The molecule has 0 bridgehead atoms. The van der Waals surface area contributed by atoms with Crippen LogP contribution >= 0.6 is 0 Å². The minimum atomic E-state index is -0.179. The Morgan fingerprint density at radius 1 is 1.17 bits per heavy atom. The smallest absolute Gasteiger partial charge is 0.229 e. The zero-order chi connectivity index (χ0) is 16.5. The summed E-state index contributed by atoms with van der Waals surface area (Å²) < 4.78 is 18.4. The lowest BCUT2D eigenvalue weighted by atomic mass is 10.1. The SMILES string of the molecule is C[C@@H](c1ccc(F)cc1)N1CCN(Cc2noc(C3CC3)n2)CC1. The molecule has 0 N–H and O–H groups in total. The van der Waals surface area contributed by atoms with Crippen molar-refractivity contribution in [2.24, 2.45) is 0 Å². The molecule has 2 fully saturated rings. The zero-order valence-corrected chi connectivity index (χ0v) is 14.0. The molecule has 5 nitrogen and oxygen atoms in total.